The number of para-hydroxylation sites is 2. The van der Waals surface area contributed by atoms with Gasteiger partial charge in [-0.3, -0.25) is 0 Å². The maximum absolute atomic E-state index is 2.68. The normalized spacial score (nSPS) is 12.2. The molecule has 2 heterocycles. The molecule has 0 spiro atoms. The first-order valence-electron chi connectivity index (χ1n) is 27.4. The molecule has 0 aliphatic carbocycles. The molecule has 0 amide bonds. The van der Waals surface area contributed by atoms with Crippen LogP contribution in [0.15, 0.2) is 267 Å². The largest absolute Gasteiger partial charge is 0.310 e. The van der Waals surface area contributed by atoms with Gasteiger partial charge in [-0.15, -0.1) is 0 Å². The quantitative estimate of drug-likeness (QED) is 0.0791. The molecule has 2 aliphatic rings. The molecule has 11 aromatic rings. The Bertz CT molecular complexity index is 3460. The number of rotatable bonds is 14. The van der Waals surface area contributed by atoms with Crippen LogP contribution in [-0.4, -0.2) is 6.71 Å². The van der Waals surface area contributed by atoms with E-state index in [4.69, 9.17) is 0 Å². The van der Waals surface area contributed by atoms with E-state index >= 15 is 0 Å². The summed E-state index contributed by atoms with van der Waals surface area (Å²) in [6, 6.07) is 99.6. The summed E-state index contributed by atoms with van der Waals surface area (Å²) in [6.45, 7) is 2.20. The van der Waals surface area contributed by atoms with Crippen LogP contribution in [0.1, 0.15) is 44.6 Å². The van der Waals surface area contributed by atoms with Crippen molar-refractivity contribution in [1.29, 1.82) is 0 Å². The van der Waals surface area contributed by atoms with E-state index in [2.05, 4.69) is 284 Å². The van der Waals surface area contributed by atoms with Crippen molar-refractivity contribution in [1.82, 2.24) is 0 Å². The van der Waals surface area contributed by atoms with Gasteiger partial charge in [0.05, 0.1) is 11.4 Å². The predicted molar refractivity (Wildman–Crippen MR) is 326 cm³/mol. The zero-order valence-corrected chi connectivity index (χ0v) is 43.1. The van der Waals surface area contributed by atoms with Crippen LogP contribution < -0.4 is 26.2 Å². The lowest BCUT2D eigenvalue weighted by atomic mass is 9.33. The molecule has 0 bridgehead atoms. The second-order valence-electron chi connectivity index (χ2n) is 20.5. The molecule has 0 atom stereocenters. The predicted octanol–water partition coefficient (Wildman–Crippen LogP) is 18.3. The van der Waals surface area contributed by atoms with Gasteiger partial charge < -0.3 is 9.80 Å². The van der Waals surface area contributed by atoms with Crippen LogP contribution in [0.25, 0.3) is 66.8 Å². The number of unbranched alkanes of at least 4 members (excludes halogenated alkanes) is 4. The highest BCUT2D eigenvalue weighted by Crippen LogP contribution is 2.53. The summed E-state index contributed by atoms with van der Waals surface area (Å²) in [6.07, 6.45) is 7.05. The van der Waals surface area contributed by atoms with E-state index in [9.17, 15) is 0 Å². The summed E-state index contributed by atoms with van der Waals surface area (Å²) in [5, 5.41) is 0. The molecule has 0 saturated heterocycles. The van der Waals surface area contributed by atoms with Crippen LogP contribution in [0.4, 0.5) is 34.1 Å². The molecule has 2 nitrogen and oxygen atoms in total. The molecular formula is C73H59BN2. The number of aryl methyl sites for hydroxylation is 1. The van der Waals surface area contributed by atoms with E-state index in [1.807, 2.05) is 0 Å². The van der Waals surface area contributed by atoms with Gasteiger partial charge in [0.15, 0.2) is 0 Å². The lowest BCUT2D eigenvalue weighted by molar-refractivity contribution is 0.632. The van der Waals surface area contributed by atoms with E-state index in [0.717, 1.165) is 12.8 Å². The Morgan fingerprint density at radius 2 is 0.632 bits per heavy atom. The van der Waals surface area contributed by atoms with Crippen LogP contribution >= 0.6 is 0 Å². The van der Waals surface area contributed by atoms with Gasteiger partial charge in [0.25, 0.3) is 6.71 Å². The van der Waals surface area contributed by atoms with Crippen molar-refractivity contribution in [2.45, 2.75) is 45.4 Å². The number of nitrogens with zero attached hydrogens (tertiary/aromatic N) is 2. The standard InChI is InChI=1S/C73H59BN2/c1-2-3-4-5-12-27-52-48-69-71-70(49-52)76(73-63(57-36-21-10-22-37-57)42-26-43-64(73)58-38-23-11-24-39-58)68-47-45-60(54-30-15-7-16-31-54)51-66(68)74(71)65-50-59(53-28-13-6-14-29-53)44-46-67(65)75(69)72-61(55-32-17-8-18-33-55)40-25-41-62(72)56-34-19-9-20-35-56/h6-11,13-26,28-51H,2-5,12,27H2,1H3. The minimum Gasteiger partial charge on any atom is -0.310 e. The Hall–Kier alpha value is -8.92. The Morgan fingerprint density at radius 3 is 0.987 bits per heavy atom. The number of anilines is 6. The van der Waals surface area contributed by atoms with E-state index in [0.29, 0.717) is 0 Å². The van der Waals surface area contributed by atoms with E-state index < -0.39 is 0 Å². The lowest BCUT2D eigenvalue weighted by Gasteiger charge is -2.46. The fourth-order valence-electron chi connectivity index (χ4n) is 12.2. The van der Waals surface area contributed by atoms with Crippen LogP contribution in [0.5, 0.6) is 0 Å². The molecular weight excluding hydrogens is 916 g/mol. The molecule has 13 rings (SSSR count). The number of fused-ring (bicyclic) bond motifs is 4. The van der Waals surface area contributed by atoms with Crippen LogP contribution in [0, 0.1) is 0 Å². The Labute approximate surface area is 449 Å². The molecule has 0 fully saturated rings. The van der Waals surface area contributed by atoms with Gasteiger partial charge in [-0.2, -0.15) is 0 Å². The lowest BCUT2D eigenvalue weighted by Crippen LogP contribution is -2.61. The first kappa shape index (κ1) is 46.8. The highest BCUT2D eigenvalue weighted by Gasteiger charge is 2.45. The van der Waals surface area contributed by atoms with Crippen molar-refractivity contribution in [2.75, 3.05) is 9.80 Å². The van der Waals surface area contributed by atoms with Gasteiger partial charge in [0.2, 0.25) is 0 Å². The third-order valence-corrected chi connectivity index (χ3v) is 15.8. The average molecular weight is 975 g/mol. The molecule has 0 radical (unpaired) electrons. The minimum atomic E-state index is -0.110. The maximum Gasteiger partial charge on any atom is 0.252 e. The first-order chi connectivity index (χ1) is 37.7. The summed E-state index contributed by atoms with van der Waals surface area (Å²) in [5.74, 6) is 0. The number of benzene rings is 11. The maximum atomic E-state index is 2.68. The third kappa shape index (κ3) is 8.62. The molecule has 3 heteroatoms. The van der Waals surface area contributed by atoms with Gasteiger partial charge in [-0.1, -0.05) is 275 Å². The van der Waals surface area contributed by atoms with Crippen LogP contribution in [0.3, 0.4) is 0 Å². The zero-order valence-electron chi connectivity index (χ0n) is 43.1. The Balaban J connectivity index is 1.19. The summed E-state index contributed by atoms with van der Waals surface area (Å²) >= 11 is 0. The van der Waals surface area contributed by atoms with Crippen molar-refractivity contribution in [3.8, 4) is 66.8 Å². The highest BCUT2D eigenvalue weighted by atomic mass is 15.2. The van der Waals surface area contributed by atoms with Crippen molar-refractivity contribution in [2.24, 2.45) is 0 Å². The van der Waals surface area contributed by atoms with Crippen molar-refractivity contribution in [3.63, 3.8) is 0 Å². The second-order valence-corrected chi connectivity index (χ2v) is 20.5. The van der Waals surface area contributed by atoms with Gasteiger partial charge >= 0.3 is 0 Å². The van der Waals surface area contributed by atoms with Crippen LogP contribution in [-0.2, 0) is 6.42 Å². The molecule has 0 unspecified atom stereocenters. The third-order valence-electron chi connectivity index (χ3n) is 15.8. The molecule has 0 aromatic heterocycles. The second kappa shape index (κ2) is 20.8. The van der Waals surface area contributed by atoms with E-state index in [1.54, 1.807) is 0 Å². The summed E-state index contributed by atoms with van der Waals surface area (Å²) in [7, 11) is 0. The molecule has 364 valence electrons. The van der Waals surface area contributed by atoms with Gasteiger partial charge in [0, 0.05) is 45.0 Å². The fraction of sp³-hybridized carbons (Fsp3) is 0.0959. The fourth-order valence-corrected chi connectivity index (χ4v) is 12.2. The minimum absolute atomic E-state index is 0.110. The summed E-state index contributed by atoms with van der Waals surface area (Å²) in [4.78, 5) is 5.35. The molecule has 11 aromatic carbocycles. The zero-order chi connectivity index (χ0) is 50.8. The summed E-state index contributed by atoms with van der Waals surface area (Å²) in [5.41, 5.74) is 26.8. The number of hydrogen-bond acceptors (Lipinski definition) is 2. The Morgan fingerprint density at radius 1 is 0.289 bits per heavy atom. The van der Waals surface area contributed by atoms with E-state index in [-0.39, 0.29) is 6.71 Å². The Kier molecular flexibility index (Phi) is 12.8. The first-order valence-corrected chi connectivity index (χ1v) is 27.4. The topological polar surface area (TPSA) is 6.48 Å². The molecule has 0 N–H and O–H groups in total. The summed E-state index contributed by atoms with van der Waals surface area (Å²) < 4.78 is 0. The monoisotopic (exact) mass is 974 g/mol. The van der Waals surface area contributed by atoms with Gasteiger partial charge in [0.1, 0.15) is 0 Å². The molecule has 76 heavy (non-hydrogen) atoms. The molecule has 0 saturated carbocycles. The van der Waals surface area contributed by atoms with Crippen molar-refractivity contribution in [3.05, 3.63) is 272 Å². The van der Waals surface area contributed by atoms with Gasteiger partial charge in [-0.25, -0.2) is 0 Å². The average Bonchev–Trinajstić information content (AvgIpc) is 3.69. The SMILES string of the molecule is CCCCCCCc1cc2c3c(c1)N(c1c(-c4ccccc4)cccc1-c1ccccc1)c1ccc(-c4ccccc4)cc1B3c1cc(-c3ccccc3)ccc1N2c1c(-c2ccccc2)cccc1-c1ccccc1. The number of hydrogen-bond donors (Lipinski definition) is 0. The molecule has 2 aliphatic heterocycles. The smallest absolute Gasteiger partial charge is 0.252 e. The highest BCUT2D eigenvalue weighted by molar-refractivity contribution is 7.00. The van der Waals surface area contributed by atoms with Crippen molar-refractivity contribution < 1.29 is 0 Å². The van der Waals surface area contributed by atoms with Crippen LogP contribution in [0.2, 0.25) is 0 Å². The van der Waals surface area contributed by atoms with Crippen molar-refractivity contribution >= 4 is 57.2 Å². The van der Waals surface area contributed by atoms with E-state index in [1.165, 1.54) is 149 Å². The van der Waals surface area contributed by atoms with Gasteiger partial charge in [-0.05, 0) is 104 Å².